The molecular weight excluding hydrogens is 478 g/mol. The molecule has 0 saturated heterocycles. The number of alkyl halides is 3. The molecule has 3 aromatic carbocycles. The normalized spacial score (nSPS) is 11.3. The first-order valence-electron chi connectivity index (χ1n) is 11.3. The van der Waals surface area contributed by atoms with Gasteiger partial charge in [0.2, 0.25) is 0 Å². The van der Waals surface area contributed by atoms with E-state index in [9.17, 15) is 32.3 Å². The van der Waals surface area contributed by atoms with E-state index in [1.807, 2.05) is 6.92 Å². The van der Waals surface area contributed by atoms with Crippen molar-refractivity contribution >= 4 is 11.9 Å². The summed E-state index contributed by atoms with van der Waals surface area (Å²) < 4.78 is 58.4. The third-order valence-electron chi connectivity index (χ3n) is 5.59. The fourth-order valence-electron chi connectivity index (χ4n) is 3.59. The maximum atomic E-state index is 14.2. The highest BCUT2D eigenvalue weighted by Crippen LogP contribution is 2.31. The van der Waals surface area contributed by atoms with Gasteiger partial charge in [0.1, 0.15) is 11.6 Å². The molecule has 0 aromatic heterocycles. The predicted molar refractivity (Wildman–Crippen MR) is 127 cm³/mol. The van der Waals surface area contributed by atoms with Crippen molar-refractivity contribution in [3.8, 4) is 16.9 Å². The van der Waals surface area contributed by atoms with Crippen LogP contribution in [0.1, 0.15) is 57.2 Å². The molecule has 0 spiro atoms. The third-order valence-corrected chi connectivity index (χ3v) is 5.59. The Balaban J connectivity index is 1.86. The number of aromatic carboxylic acids is 1. The number of carboxylic acid groups (broad SMARTS) is 1. The zero-order valence-corrected chi connectivity index (χ0v) is 19.7. The number of amides is 1. The molecule has 1 amide bonds. The van der Waals surface area contributed by atoms with E-state index in [4.69, 9.17) is 4.74 Å². The average molecular weight is 503 g/mol. The monoisotopic (exact) mass is 503 g/mol. The highest BCUT2D eigenvalue weighted by molar-refractivity contribution is 5.94. The quantitative estimate of drug-likeness (QED) is 0.254. The second kappa shape index (κ2) is 11.2. The van der Waals surface area contributed by atoms with Crippen LogP contribution in [0.3, 0.4) is 0 Å². The van der Waals surface area contributed by atoms with Gasteiger partial charge in [0.05, 0.1) is 23.3 Å². The summed E-state index contributed by atoms with van der Waals surface area (Å²) in [5, 5.41) is 11.8. The maximum Gasteiger partial charge on any atom is 0.416 e. The number of carbonyl (C=O) groups excluding carboxylic acids is 1. The first kappa shape index (κ1) is 26.7. The van der Waals surface area contributed by atoms with Crippen LogP contribution < -0.4 is 10.1 Å². The van der Waals surface area contributed by atoms with Gasteiger partial charge in [0.25, 0.3) is 5.91 Å². The largest absolute Gasteiger partial charge is 0.493 e. The molecule has 3 rings (SSSR count). The predicted octanol–water partition coefficient (Wildman–Crippen LogP) is 6.63. The number of aryl methyl sites for hydroxylation is 1. The van der Waals surface area contributed by atoms with E-state index in [0.29, 0.717) is 29.5 Å². The van der Waals surface area contributed by atoms with Crippen LogP contribution >= 0.6 is 0 Å². The van der Waals surface area contributed by atoms with Gasteiger partial charge in [-0.25, -0.2) is 9.18 Å². The molecule has 0 saturated carbocycles. The molecule has 0 heterocycles. The van der Waals surface area contributed by atoms with Crippen molar-refractivity contribution in [2.45, 2.75) is 39.4 Å². The fourth-order valence-corrected chi connectivity index (χ4v) is 3.59. The SMILES string of the molecule is CCCCOc1ccc(-c2ccc(C(=O)O)c(C)c2)cc1CNC(=O)c1ccc(C(F)(F)F)cc1F. The molecule has 0 bridgehead atoms. The minimum Gasteiger partial charge on any atom is -0.493 e. The van der Waals surface area contributed by atoms with E-state index in [1.165, 1.54) is 6.07 Å². The average Bonchev–Trinajstić information content (AvgIpc) is 2.82. The summed E-state index contributed by atoms with van der Waals surface area (Å²) in [6.45, 7) is 4.07. The Hall–Kier alpha value is -3.88. The highest BCUT2D eigenvalue weighted by atomic mass is 19.4. The lowest BCUT2D eigenvalue weighted by Gasteiger charge is -2.15. The number of unbranched alkanes of at least 4 members (excludes halogenated alkanes) is 1. The molecule has 0 fully saturated rings. The number of carboxylic acids is 1. The molecule has 0 atom stereocenters. The summed E-state index contributed by atoms with van der Waals surface area (Å²) in [6.07, 6.45) is -3.01. The highest BCUT2D eigenvalue weighted by Gasteiger charge is 2.31. The minimum atomic E-state index is -4.72. The van der Waals surface area contributed by atoms with E-state index >= 15 is 0 Å². The summed E-state index contributed by atoms with van der Waals surface area (Å²) in [7, 11) is 0. The summed E-state index contributed by atoms with van der Waals surface area (Å²) in [5.74, 6) is -2.67. The van der Waals surface area contributed by atoms with Gasteiger partial charge in [-0.15, -0.1) is 0 Å². The van der Waals surface area contributed by atoms with E-state index in [-0.39, 0.29) is 18.2 Å². The number of hydrogen-bond acceptors (Lipinski definition) is 3. The summed E-state index contributed by atoms with van der Waals surface area (Å²) in [6, 6.07) is 11.9. The van der Waals surface area contributed by atoms with Gasteiger partial charge in [-0.3, -0.25) is 4.79 Å². The van der Waals surface area contributed by atoms with Gasteiger partial charge < -0.3 is 15.2 Å². The van der Waals surface area contributed by atoms with Gasteiger partial charge in [0.15, 0.2) is 0 Å². The van der Waals surface area contributed by atoms with Gasteiger partial charge in [-0.1, -0.05) is 31.5 Å². The van der Waals surface area contributed by atoms with Crippen LogP contribution in [0.5, 0.6) is 5.75 Å². The molecule has 190 valence electrons. The zero-order chi connectivity index (χ0) is 26.5. The number of hydrogen-bond donors (Lipinski definition) is 2. The first-order valence-corrected chi connectivity index (χ1v) is 11.3. The lowest BCUT2D eigenvalue weighted by atomic mass is 9.98. The first-order chi connectivity index (χ1) is 17.0. The molecule has 9 heteroatoms. The van der Waals surface area contributed by atoms with Crippen LogP contribution in [-0.2, 0) is 12.7 Å². The number of nitrogens with one attached hydrogen (secondary N) is 1. The van der Waals surface area contributed by atoms with Gasteiger partial charge in [-0.2, -0.15) is 13.2 Å². The zero-order valence-electron chi connectivity index (χ0n) is 19.7. The lowest BCUT2D eigenvalue weighted by Crippen LogP contribution is -2.24. The molecule has 0 aliphatic rings. The van der Waals surface area contributed by atoms with Crippen LogP contribution in [0, 0.1) is 12.7 Å². The van der Waals surface area contributed by atoms with Crippen molar-refractivity contribution in [1.82, 2.24) is 5.32 Å². The van der Waals surface area contributed by atoms with Gasteiger partial charge in [0, 0.05) is 12.1 Å². The number of benzene rings is 3. The van der Waals surface area contributed by atoms with E-state index in [0.717, 1.165) is 30.0 Å². The van der Waals surface area contributed by atoms with Gasteiger partial charge >= 0.3 is 12.1 Å². The van der Waals surface area contributed by atoms with Crippen LogP contribution in [0.4, 0.5) is 17.6 Å². The molecule has 36 heavy (non-hydrogen) atoms. The van der Waals surface area contributed by atoms with E-state index in [1.54, 1.807) is 37.3 Å². The number of halogens is 4. The Morgan fingerprint density at radius 1 is 0.972 bits per heavy atom. The fraction of sp³-hybridized carbons (Fsp3) is 0.259. The Morgan fingerprint density at radius 2 is 1.64 bits per heavy atom. The Kier molecular flexibility index (Phi) is 8.34. The van der Waals surface area contributed by atoms with Crippen LogP contribution in [-0.4, -0.2) is 23.6 Å². The smallest absolute Gasteiger partial charge is 0.416 e. The molecule has 3 aromatic rings. The number of rotatable bonds is 9. The summed E-state index contributed by atoms with van der Waals surface area (Å²) >= 11 is 0. The second-order valence-corrected chi connectivity index (χ2v) is 8.23. The minimum absolute atomic E-state index is 0.0687. The Morgan fingerprint density at radius 3 is 2.25 bits per heavy atom. The molecule has 0 radical (unpaired) electrons. The standard InChI is InChI=1S/C27H25F4NO4/c1-3-4-11-36-24-10-6-18(17-5-8-21(26(34)35)16(2)12-17)13-19(24)15-32-25(33)22-9-7-20(14-23(22)28)27(29,30)31/h5-10,12-14H,3-4,11,15H2,1-2H3,(H,32,33)(H,34,35). The lowest BCUT2D eigenvalue weighted by molar-refractivity contribution is -0.137. The molecule has 5 nitrogen and oxygen atoms in total. The van der Waals surface area contributed by atoms with Gasteiger partial charge in [-0.05, 0) is 66.4 Å². The van der Waals surface area contributed by atoms with Crippen LogP contribution in [0.15, 0.2) is 54.6 Å². The molecule has 0 aliphatic carbocycles. The van der Waals surface area contributed by atoms with Crippen molar-refractivity contribution in [1.29, 1.82) is 0 Å². The van der Waals surface area contributed by atoms with Crippen molar-refractivity contribution in [2.24, 2.45) is 0 Å². The van der Waals surface area contributed by atoms with Crippen LogP contribution in [0.25, 0.3) is 11.1 Å². The molecular formula is C27H25F4NO4. The summed E-state index contributed by atoms with van der Waals surface area (Å²) in [5.41, 5.74) is 1.14. The number of ether oxygens (including phenoxy) is 1. The topological polar surface area (TPSA) is 75.6 Å². The molecule has 0 aliphatic heterocycles. The Bertz CT molecular complexity index is 1270. The second-order valence-electron chi connectivity index (χ2n) is 8.23. The van der Waals surface area contributed by atoms with Crippen molar-refractivity contribution in [3.63, 3.8) is 0 Å². The molecule has 2 N–H and O–H groups in total. The van der Waals surface area contributed by atoms with Crippen LogP contribution in [0.2, 0.25) is 0 Å². The van der Waals surface area contributed by atoms with E-state index in [2.05, 4.69) is 5.32 Å². The van der Waals surface area contributed by atoms with Crippen molar-refractivity contribution < 1.29 is 37.0 Å². The van der Waals surface area contributed by atoms with E-state index < -0.39 is 35.0 Å². The summed E-state index contributed by atoms with van der Waals surface area (Å²) in [4.78, 5) is 23.9. The molecule has 0 unspecified atom stereocenters. The van der Waals surface area contributed by atoms with Crippen molar-refractivity contribution in [3.05, 3.63) is 88.2 Å². The maximum absolute atomic E-state index is 14.2. The Labute approximate surface area is 205 Å². The third kappa shape index (κ3) is 6.41. The van der Waals surface area contributed by atoms with Crippen molar-refractivity contribution in [2.75, 3.05) is 6.61 Å². The number of carbonyl (C=O) groups is 2.